The highest BCUT2D eigenvalue weighted by Crippen LogP contribution is 2.17. The van der Waals surface area contributed by atoms with Crippen LogP contribution in [0.4, 0.5) is 0 Å². The van der Waals surface area contributed by atoms with Gasteiger partial charge in [0.1, 0.15) is 0 Å². The van der Waals surface area contributed by atoms with Gasteiger partial charge < -0.3 is 5.73 Å². The quantitative estimate of drug-likeness (QED) is 0.865. The van der Waals surface area contributed by atoms with Crippen molar-refractivity contribution in [3.8, 4) is 0 Å². The summed E-state index contributed by atoms with van der Waals surface area (Å²) in [6, 6.07) is 6.34. The largest absolute Gasteiger partial charge is 0.323 e. The van der Waals surface area contributed by atoms with E-state index in [0.717, 1.165) is 25.0 Å². The summed E-state index contributed by atoms with van der Waals surface area (Å²) in [5, 5.41) is 6.44. The second kappa shape index (κ2) is 5.27. The van der Waals surface area contributed by atoms with Gasteiger partial charge >= 0.3 is 0 Å². The molecule has 1 atom stereocenters. The topological polar surface area (TPSA) is 43.8 Å². The molecule has 0 saturated heterocycles. The summed E-state index contributed by atoms with van der Waals surface area (Å²) in [6.07, 6.45) is 5.18. The van der Waals surface area contributed by atoms with Crippen LogP contribution < -0.4 is 5.73 Å². The first-order chi connectivity index (χ1) is 7.75. The zero-order valence-electron chi connectivity index (χ0n) is 9.47. The minimum absolute atomic E-state index is 0.0705. The molecule has 0 radical (unpaired) electrons. The maximum atomic E-state index is 6.08. The van der Waals surface area contributed by atoms with E-state index >= 15 is 0 Å². The van der Waals surface area contributed by atoms with Crippen molar-refractivity contribution in [1.29, 1.82) is 0 Å². The third-order valence-electron chi connectivity index (χ3n) is 2.63. The first-order valence-electron chi connectivity index (χ1n) is 5.53. The van der Waals surface area contributed by atoms with Crippen molar-refractivity contribution in [3.63, 3.8) is 0 Å². The number of hydrogen-bond acceptors (Lipinski definition) is 3. The van der Waals surface area contributed by atoms with E-state index in [4.69, 9.17) is 5.73 Å². The Kier molecular flexibility index (Phi) is 3.74. The van der Waals surface area contributed by atoms with Gasteiger partial charge in [-0.05, 0) is 36.8 Å². The molecule has 0 aliphatic heterocycles. The molecule has 0 aliphatic rings. The molecule has 2 heterocycles. The molecule has 0 bridgehead atoms. The van der Waals surface area contributed by atoms with Crippen LogP contribution in [-0.4, -0.2) is 9.78 Å². The minimum Gasteiger partial charge on any atom is -0.323 e. The monoisotopic (exact) mass is 235 g/mol. The van der Waals surface area contributed by atoms with E-state index in [1.807, 2.05) is 30.6 Å². The zero-order valence-corrected chi connectivity index (χ0v) is 10.3. The Morgan fingerprint density at radius 1 is 1.50 bits per heavy atom. The van der Waals surface area contributed by atoms with Crippen molar-refractivity contribution >= 4 is 11.3 Å². The van der Waals surface area contributed by atoms with Gasteiger partial charge in [-0.25, -0.2) is 0 Å². The third-order valence-corrected chi connectivity index (χ3v) is 3.57. The lowest BCUT2D eigenvalue weighted by Crippen LogP contribution is -2.11. The minimum atomic E-state index is 0.0705. The van der Waals surface area contributed by atoms with Crippen molar-refractivity contribution in [1.82, 2.24) is 9.78 Å². The molecule has 0 spiro atoms. The molecule has 4 heteroatoms. The van der Waals surface area contributed by atoms with Gasteiger partial charge in [0.2, 0.25) is 0 Å². The zero-order chi connectivity index (χ0) is 11.4. The molecule has 0 amide bonds. The number of aryl methyl sites for hydroxylation is 2. The normalized spacial score (nSPS) is 12.9. The number of nitrogens with zero attached hydrogens (tertiary/aromatic N) is 2. The Balaban J connectivity index is 1.78. The van der Waals surface area contributed by atoms with Crippen LogP contribution in [-0.2, 0) is 13.5 Å². The molecule has 0 fully saturated rings. The molecule has 1 unspecified atom stereocenters. The number of rotatable bonds is 5. The molecule has 0 aromatic carbocycles. The van der Waals surface area contributed by atoms with Crippen LogP contribution in [0.1, 0.15) is 29.5 Å². The summed E-state index contributed by atoms with van der Waals surface area (Å²) in [6.45, 7) is 0. The van der Waals surface area contributed by atoms with Crippen LogP contribution in [0.3, 0.4) is 0 Å². The van der Waals surface area contributed by atoms with Gasteiger partial charge in [-0.2, -0.15) is 5.10 Å². The summed E-state index contributed by atoms with van der Waals surface area (Å²) in [4.78, 5) is 1.44. The fourth-order valence-electron chi connectivity index (χ4n) is 1.73. The standard InChI is InChI=1S/C12H17N3S/c1-15-8-7-12(14-15)11(13)6-2-4-10-5-3-9-16-10/h3,5,7-9,11H,2,4,6,13H2,1H3. The number of nitrogens with two attached hydrogens (primary N) is 1. The van der Waals surface area contributed by atoms with Gasteiger partial charge in [-0.1, -0.05) is 6.07 Å². The summed E-state index contributed by atoms with van der Waals surface area (Å²) in [5.74, 6) is 0. The maximum absolute atomic E-state index is 6.08. The Morgan fingerprint density at radius 2 is 2.38 bits per heavy atom. The molecule has 2 N–H and O–H groups in total. The fraction of sp³-hybridized carbons (Fsp3) is 0.417. The average molecular weight is 235 g/mol. The van der Waals surface area contributed by atoms with Crippen molar-refractivity contribution in [2.45, 2.75) is 25.3 Å². The summed E-state index contributed by atoms with van der Waals surface area (Å²) < 4.78 is 1.80. The highest BCUT2D eigenvalue weighted by molar-refractivity contribution is 7.09. The van der Waals surface area contributed by atoms with Gasteiger partial charge in [0.15, 0.2) is 0 Å². The Hall–Kier alpha value is -1.13. The van der Waals surface area contributed by atoms with Crippen LogP contribution in [0, 0.1) is 0 Å². The second-order valence-electron chi connectivity index (χ2n) is 3.99. The summed E-state index contributed by atoms with van der Waals surface area (Å²) in [7, 11) is 1.92. The Morgan fingerprint density at radius 3 is 3.00 bits per heavy atom. The molecular weight excluding hydrogens is 218 g/mol. The van der Waals surface area contributed by atoms with Gasteiger partial charge in [0.25, 0.3) is 0 Å². The van der Waals surface area contributed by atoms with Crippen LogP contribution in [0.2, 0.25) is 0 Å². The van der Waals surface area contributed by atoms with Crippen molar-refractivity contribution in [3.05, 3.63) is 40.3 Å². The Labute approximate surface area is 99.9 Å². The van der Waals surface area contributed by atoms with Crippen LogP contribution >= 0.6 is 11.3 Å². The smallest absolute Gasteiger partial charge is 0.0791 e. The van der Waals surface area contributed by atoms with E-state index in [1.165, 1.54) is 4.88 Å². The van der Waals surface area contributed by atoms with E-state index < -0.39 is 0 Å². The van der Waals surface area contributed by atoms with Crippen molar-refractivity contribution < 1.29 is 0 Å². The lowest BCUT2D eigenvalue weighted by atomic mass is 10.1. The van der Waals surface area contributed by atoms with E-state index in [1.54, 1.807) is 4.68 Å². The van der Waals surface area contributed by atoms with E-state index in [2.05, 4.69) is 22.6 Å². The molecule has 0 saturated carbocycles. The van der Waals surface area contributed by atoms with Crippen LogP contribution in [0.25, 0.3) is 0 Å². The molecule has 2 rings (SSSR count). The predicted molar refractivity (Wildman–Crippen MR) is 67.4 cm³/mol. The molecule has 3 nitrogen and oxygen atoms in total. The molecule has 2 aromatic heterocycles. The fourth-order valence-corrected chi connectivity index (χ4v) is 2.48. The van der Waals surface area contributed by atoms with Gasteiger partial charge in [-0.3, -0.25) is 4.68 Å². The maximum Gasteiger partial charge on any atom is 0.0791 e. The molecule has 0 aliphatic carbocycles. The molecule has 86 valence electrons. The van der Waals surface area contributed by atoms with Gasteiger partial charge in [0.05, 0.1) is 5.69 Å². The first-order valence-corrected chi connectivity index (χ1v) is 6.41. The lowest BCUT2D eigenvalue weighted by molar-refractivity contribution is 0.586. The number of hydrogen-bond donors (Lipinski definition) is 1. The average Bonchev–Trinajstić information content (AvgIpc) is 2.89. The van der Waals surface area contributed by atoms with E-state index in [-0.39, 0.29) is 6.04 Å². The Bertz CT molecular complexity index is 419. The predicted octanol–water partition coefficient (Wildman–Crippen LogP) is 2.50. The number of thiophene rings is 1. The van der Waals surface area contributed by atoms with Gasteiger partial charge in [0, 0.05) is 24.2 Å². The van der Waals surface area contributed by atoms with E-state index in [9.17, 15) is 0 Å². The SMILES string of the molecule is Cn1ccc(C(N)CCCc2cccs2)n1. The molecule has 2 aromatic rings. The lowest BCUT2D eigenvalue weighted by Gasteiger charge is -2.07. The van der Waals surface area contributed by atoms with Crippen LogP contribution in [0.5, 0.6) is 0 Å². The van der Waals surface area contributed by atoms with Gasteiger partial charge in [-0.15, -0.1) is 11.3 Å². The summed E-state index contributed by atoms with van der Waals surface area (Å²) in [5.41, 5.74) is 7.07. The van der Waals surface area contributed by atoms with E-state index in [0.29, 0.717) is 0 Å². The van der Waals surface area contributed by atoms with Crippen molar-refractivity contribution in [2.24, 2.45) is 12.8 Å². The summed E-state index contributed by atoms with van der Waals surface area (Å²) >= 11 is 1.81. The first kappa shape index (κ1) is 11.4. The highest BCUT2D eigenvalue weighted by atomic mass is 32.1. The molecule has 16 heavy (non-hydrogen) atoms. The number of aromatic nitrogens is 2. The molecular formula is C12H17N3S. The van der Waals surface area contributed by atoms with Crippen molar-refractivity contribution in [2.75, 3.05) is 0 Å². The third kappa shape index (κ3) is 2.93. The van der Waals surface area contributed by atoms with Crippen LogP contribution in [0.15, 0.2) is 29.8 Å². The second-order valence-corrected chi connectivity index (χ2v) is 5.02. The highest BCUT2D eigenvalue weighted by Gasteiger charge is 2.08.